The second kappa shape index (κ2) is 13.8. The summed E-state index contributed by atoms with van der Waals surface area (Å²) in [4.78, 5) is 40.8. The maximum Gasteiger partial charge on any atom is 0.330 e. The average molecular weight is 731 g/mol. The second-order valence-corrected chi connectivity index (χ2v) is 38.5. The lowest BCUT2D eigenvalue weighted by Crippen LogP contribution is -2.51. The van der Waals surface area contributed by atoms with Crippen LogP contribution in [0.1, 0.15) is 94.2 Å². The van der Waals surface area contributed by atoms with Crippen LogP contribution in [0.3, 0.4) is 0 Å². The fourth-order valence-electron chi connectivity index (χ4n) is 4.77. The zero-order chi connectivity index (χ0) is 37.0. The Morgan fingerprint density at radius 2 is 1.26 bits per heavy atom. The summed E-state index contributed by atoms with van der Waals surface area (Å²) in [5, 5.41) is -0.520. The summed E-state index contributed by atoms with van der Waals surface area (Å²) in [6.07, 6.45) is 0.737. The molecular weight excluding hydrogens is 661 g/mol. The molecule has 1 aromatic rings. The molecule has 1 unspecified atom stereocenters. The van der Waals surface area contributed by atoms with Gasteiger partial charge in [-0.15, -0.1) is 0 Å². The van der Waals surface area contributed by atoms with E-state index in [4.69, 9.17) is 18.0 Å². The summed E-state index contributed by atoms with van der Waals surface area (Å²) in [5.74, 6) is -0.264. The Kier molecular flexibility index (Phi) is 12.5. The normalized spacial score (nSPS) is 22.6. The predicted molar refractivity (Wildman–Crippen MR) is 204 cm³/mol. The van der Waals surface area contributed by atoms with E-state index in [2.05, 4.69) is 120 Å². The molecule has 1 aliphatic rings. The van der Waals surface area contributed by atoms with E-state index in [1.165, 1.54) is 4.57 Å². The number of aromatic amines is 1. The Hall–Kier alpha value is -0.652. The predicted octanol–water partition coefficient (Wildman–Crippen LogP) is 8.35. The van der Waals surface area contributed by atoms with E-state index >= 15 is 0 Å². The molecule has 2 N–H and O–H groups in total. The highest BCUT2D eigenvalue weighted by Gasteiger charge is 2.54. The zero-order valence-corrected chi connectivity index (χ0v) is 37.4. The molecule has 0 bridgehead atoms. The van der Waals surface area contributed by atoms with E-state index in [0.717, 1.165) is 0 Å². The first-order valence-electron chi connectivity index (χ1n) is 17.3. The largest absolute Gasteiger partial charge is 0.432 e. The van der Waals surface area contributed by atoms with Crippen molar-refractivity contribution in [1.29, 1.82) is 0 Å². The summed E-state index contributed by atoms with van der Waals surface area (Å²) in [6, 6.07) is 0. The van der Waals surface area contributed by atoms with Gasteiger partial charge in [-0.3, -0.25) is 14.3 Å². The topological polar surface area (TPSA) is 112 Å². The van der Waals surface area contributed by atoms with E-state index in [0.29, 0.717) is 18.6 Å². The number of nitrogens with one attached hydrogen (secondary N) is 1. The minimum Gasteiger partial charge on any atom is -0.432 e. The van der Waals surface area contributed by atoms with Gasteiger partial charge in [-0.2, -0.15) is 0 Å². The first-order chi connectivity index (χ1) is 20.7. The molecule has 1 aliphatic heterocycles. The molecule has 2 rings (SSSR count). The average Bonchev–Trinajstić information content (AvgIpc) is 3.15. The van der Waals surface area contributed by atoms with Crippen molar-refractivity contribution < 1.29 is 22.8 Å². The maximum atomic E-state index is 13.7. The highest BCUT2D eigenvalue weighted by atomic mass is 28.4. The van der Waals surface area contributed by atoms with Crippen LogP contribution < -0.4 is 11.2 Å². The highest BCUT2D eigenvalue weighted by molar-refractivity contribution is 6.75. The number of hydrogen-bond acceptors (Lipinski definition) is 7. The van der Waals surface area contributed by atoms with Gasteiger partial charge in [-0.1, -0.05) is 76.2 Å². The Labute approximate surface area is 290 Å². The molecule has 0 spiro atoms. The fourth-order valence-corrected chi connectivity index (χ4v) is 8.78. The molecule has 0 aromatic carbocycles. The lowest BCUT2D eigenvalue weighted by molar-refractivity contribution is -0.0173. The number of H-pyrrole nitrogens is 1. The molecule has 47 heavy (non-hydrogen) atoms. The third-order valence-corrected chi connectivity index (χ3v) is 29.2. The van der Waals surface area contributed by atoms with Crippen LogP contribution in [0.2, 0.25) is 72.5 Å². The van der Waals surface area contributed by atoms with Crippen LogP contribution in [0.15, 0.2) is 15.8 Å². The number of hydrogen-bond donors (Lipinski definition) is 2. The number of nitrogens with zero attached hydrogens (tertiary/aromatic N) is 1. The molecule has 2 heterocycles. The number of aromatic nitrogens is 2. The van der Waals surface area contributed by atoms with Crippen molar-refractivity contribution in [3.8, 4) is 0 Å². The summed E-state index contributed by atoms with van der Waals surface area (Å²) in [7, 11) is -9.34. The van der Waals surface area contributed by atoms with Crippen molar-refractivity contribution in [1.82, 2.24) is 9.55 Å². The lowest BCUT2D eigenvalue weighted by Gasteiger charge is -2.44. The molecule has 1 saturated heterocycles. The highest BCUT2D eigenvalue weighted by Crippen LogP contribution is 2.52. The van der Waals surface area contributed by atoms with E-state index in [1.807, 2.05) is 13.1 Å². The molecular formula is C34H70N2O7Si4. The van der Waals surface area contributed by atoms with Gasteiger partial charge in [0.1, 0.15) is 12.8 Å². The van der Waals surface area contributed by atoms with Crippen LogP contribution in [0.5, 0.6) is 0 Å². The van der Waals surface area contributed by atoms with Crippen LogP contribution in [0.25, 0.3) is 0 Å². The lowest BCUT2D eigenvalue weighted by atomic mass is 9.85. The SMILES string of the molecule is CC(C)(C[C@H]1C(O[Si](C)(C)C(C)(C)C)[C@@H](CO[Si](C)(C)C(C)(C)C)O[C@H]1c1cn(CO[Si](C)(C)C(C)(C)C)c(=O)[nH]c1=O)[Si](C)(C)O. The van der Waals surface area contributed by atoms with Gasteiger partial charge < -0.3 is 22.8 Å². The van der Waals surface area contributed by atoms with Gasteiger partial charge in [-0.05, 0) is 78.9 Å². The van der Waals surface area contributed by atoms with E-state index < -0.39 is 61.8 Å². The summed E-state index contributed by atoms with van der Waals surface area (Å²) < 4.78 is 28.8. The van der Waals surface area contributed by atoms with E-state index in [1.54, 1.807) is 6.20 Å². The van der Waals surface area contributed by atoms with Gasteiger partial charge in [-0.25, -0.2) is 4.79 Å². The Morgan fingerprint density at radius 1 is 0.787 bits per heavy atom. The smallest absolute Gasteiger partial charge is 0.330 e. The molecule has 4 atom stereocenters. The van der Waals surface area contributed by atoms with Crippen LogP contribution in [0, 0.1) is 5.92 Å². The van der Waals surface area contributed by atoms with Crippen molar-refractivity contribution >= 4 is 33.3 Å². The van der Waals surface area contributed by atoms with Crippen molar-refractivity contribution in [2.24, 2.45) is 5.92 Å². The van der Waals surface area contributed by atoms with Crippen LogP contribution in [-0.2, 0) is 24.7 Å². The van der Waals surface area contributed by atoms with Crippen LogP contribution >= 0.6 is 0 Å². The quantitative estimate of drug-likeness (QED) is 0.208. The van der Waals surface area contributed by atoms with Gasteiger partial charge >= 0.3 is 5.69 Å². The minimum atomic E-state index is -2.67. The molecule has 274 valence electrons. The van der Waals surface area contributed by atoms with Crippen LogP contribution in [0.4, 0.5) is 0 Å². The molecule has 13 heteroatoms. The molecule has 0 amide bonds. The summed E-state index contributed by atoms with van der Waals surface area (Å²) in [6.45, 7) is 41.5. The molecule has 0 radical (unpaired) electrons. The van der Waals surface area contributed by atoms with E-state index in [-0.39, 0.29) is 33.9 Å². The summed E-state index contributed by atoms with van der Waals surface area (Å²) >= 11 is 0. The van der Waals surface area contributed by atoms with Gasteiger partial charge in [0.05, 0.1) is 24.4 Å². The van der Waals surface area contributed by atoms with Crippen molar-refractivity contribution in [2.75, 3.05) is 6.61 Å². The van der Waals surface area contributed by atoms with Gasteiger partial charge in [0, 0.05) is 12.1 Å². The molecule has 1 fully saturated rings. The third-order valence-electron chi connectivity index (χ3n) is 12.3. The number of rotatable bonds is 12. The monoisotopic (exact) mass is 730 g/mol. The van der Waals surface area contributed by atoms with Gasteiger partial charge in [0.25, 0.3) is 5.56 Å². The van der Waals surface area contributed by atoms with E-state index in [9.17, 15) is 14.4 Å². The maximum absolute atomic E-state index is 13.7. The molecule has 9 nitrogen and oxygen atoms in total. The third kappa shape index (κ3) is 9.78. The van der Waals surface area contributed by atoms with Crippen LogP contribution in [-0.4, -0.2) is 66.4 Å². The molecule has 0 aliphatic carbocycles. The first-order valence-corrected chi connectivity index (χ1v) is 29.0. The second-order valence-electron chi connectivity index (χ2n) is 19.7. The van der Waals surface area contributed by atoms with Crippen molar-refractivity contribution in [3.05, 3.63) is 32.6 Å². The first kappa shape index (κ1) is 42.5. The van der Waals surface area contributed by atoms with Gasteiger partial charge in [0.2, 0.25) is 0 Å². The Balaban J connectivity index is 2.76. The summed E-state index contributed by atoms with van der Waals surface area (Å²) in [5.41, 5.74) is -0.604. The Morgan fingerprint density at radius 3 is 1.70 bits per heavy atom. The Bertz CT molecular complexity index is 1340. The van der Waals surface area contributed by atoms with Gasteiger partial charge in [0.15, 0.2) is 33.3 Å². The fraction of sp³-hybridized carbons (Fsp3) is 0.882. The molecule has 0 saturated carbocycles. The standard InChI is InChI=1S/C34H70N2O7Si4/c1-31(2,3)45(14,15)40-22-26-28(43-47(18,19)33(7,8)9)24(20-34(10,11)44(12,13)39)27(42-26)25-21-36(30(38)35-29(25)37)23-41-46(16,17)32(4,5)6/h21,24,26-28,39H,20,22-23H2,1-19H3,(H,35,37,38)/t24-,26-,27-,28?/m1/s1. The molecule has 1 aromatic heterocycles. The number of ether oxygens (including phenoxy) is 1. The van der Waals surface area contributed by atoms with Crippen molar-refractivity contribution in [2.45, 2.75) is 180 Å². The zero-order valence-electron chi connectivity index (χ0n) is 33.4. The van der Waals surface area contributed by atoms with Crippen molar-refractivity contribution in [3.63, 3.8) is 0 Å². The minimum absolute atomic E-state index is 0.00544.